The van der Waals surface area contributed by atoms with Crippen LogP contribution in [0.1, 0.15) is 5.48 Å². The Morgan fingerprint density at radius 3 is 2.50 bits per heavy atom. The predicted octanol–water partition coefficient (Wildman–Crippen LogP) is 2.38. The van der Waals surface area contributed by atoms with Gasteiger partial charge in [0.2, 0.25) is 0 Å². The maximum absolute atomic E-state index is 7.01. The topological polar surface area (TPSA) is 0 Å². The molecule has 0 aromatic rings. The monoisotopic (exact) mass is 238 g/mol. The van der Waals surface area contributed by atoms with E-state index in [1.165, 1.54) is 0 Å². The lowest BCUT2D eigenvalue weighted by atomic mass is 10.6. The Bertz CT molecular complexity index is 103. The van der Waals surface area contributed by atoms with Crippen LogP contribution in [-0.4, -0.2) is 15.9 Å². The lowest BCUT2D eigenvalue weighted by molar-refractivity contribution is 1.18. The van der Waals surface area contributed by atoms with Crippen LogP contribution in [0.4, 0.5) is 0 Å². The van der Waals surface area contributed by atoms with Crippen molar-refractivity contribution in [1.82, 2.24) is 0 Å². The summed E-state index contributed by atoms with van der Waals surface area (Å²) in [4.78, 5) is -1.07. The molecule has 0 fully saturated rings. The Hall–Kier alpha value is 1.25. The quantitative estimate of drug-likeness (QED) is 0.650. The zero-order valence-corrected chi connectivity index (χ0v) is 6.64. The van der Waals surface area contributed by atoms with Gasteiger partial charge in [-0.05, 0) is 0 Å². The molecule has 0 N–H and O–H groups in total. The Kier molecular flexibility index (Phi) is 1.98. The third-order valence-corrected chi connectivity index (χ3v) is 2.20. The second kappa shape index (κ2) is 4.41. The molecule has 3 heteroatoms. The van der Waals surface area contributed by atoms with Crippen molar-refractivity contribution in [2.45, 2.75) is 4.83 Å². The SMILES string of the molecule is [2H]C([2H])(Cl)C(Br)C([2H])([2H])Br. The first-order valence-corrected chi connectivity index (χ1v) is 3.26. The zero-order valence-electron chi connectivity index (χ0n) is 6.71. The normalized spacial score (nSPS) is 29.2. The Morgan fingerprint density at radius 2 is 2.50 bits per heavy atom. The largest absolute Gasteiger partial charge is 0.125 e. The van der Waals surface area contributed by atoms with E-state index in [9.17, 15) is 0 Å². The molecule has 0 aromatic carbocycles. The third kappa shape index (κ3) is 3.44. The number of hydrogen-bond acceptors (Lipinski definition) is 0. The molecule has 0 radical (unpaired) electrons. The molecule has 0 amide bonds. The molecule has 6 heavy (non-hydrogen) atoms. The highest BCUT2D eigenvalue weighted by molar-refractivity contribution is 9.12. The predicted molar refractivity (Wildman–Crippen MR) is 37.2 cm³/mol. The first-order valence-electron chi connectivity index (χ1n) is 3.17. The molecule has 0 aliphatic heterocycles. The summed E-state index contributed by atoms with van der Waals surface area (Å²) in [6, 6.07) is 0. The van der Waals surface area contributed by atoms with Crippen LogP contribution in [0.5, 0.6) is 0 Å². The molecule has 0 aliphatic rings. The molecule has 1 atom stereocenters. The molecule has 0 rings (SSSR count). The summed E-state index contributed by atoms with van der Waals surface area (Å²) < 4.78 is 27.8. The molecule has 0 bridgehead atoms. The molecule has 0 aromatic heterocycles. The smallest absolute Gasteiger partial charge is 0.0447 e. The highest BCUT2D eigenvalue weighted by Crippen LogP contribution is 2.03. The minimum absolute atomic E-state index is 1.07. The van der Waals surface area contributed by atoms with Crippen LogP contribution in [0.3, 0.4) is 0 Å². The minimum atomic E-state index is -2.09. The molecule has 38 valence electrons. The Morgan fingerprint density at radius 1 is 2.00 bits per heavy atom. The summed E-state index contributed by atoms with van der Waals surface area (Å²) >= 11 is 10.6. The van der Waals surface area contributed by atoms with E-state index in [-0.39, 0.29) is 0 Å². The second-order valence-electron chi connectivity index (χ2n) is 0.581. The number of rotatable bonds is 2. The number of alkyl halides is 3. The van der Waals surface area contributed by atoms with Crippen molar-refractivity contribution in [3.05, 3.63) is 0 Å². The van der Waals surface area contributed by atoms with E-state index < -0.39 is 15.9 Å². The van der Waals surface area contributed by atoms with Gasteiger partial charge in [-0.15, -0.1) is 11.6 Å². The Balaban J connectivity index is 4.23. The molecule has 0 aliphatic carbocycles. The van der Waals surface area contributed by atoms with Gasteiger partial charge >= 0.3 is 0 Å². The molecule has 0 spiro atoms. The van der Waals surface area contributed by atoms with E-state index in [0.717, 1.165) is 0 Å². The summed E-state index contributed by atoms with van der Waals surface area (Å²) in [6.07, 6.45) is 0. The van der Waals surface area contributed by atoms with Gasteiger partial charge in [0.15, 0.2) is 0 Å². The summed E-state index contributed by atoms with van der Waals surface area (Å²) in [5.74, 6) is -2.09. The van der Waals surface area contributed by atoms with Gasteiger partial charge in [-0.25, -0.2) is 0 Å². The maximum Gasteiger partial charge on any atom is 0.0447 e. The summed E-state index contributed by atoms with van der Waals surface area (Å²) in [5.41, 5.74) is 0. The van der Waals surface area contributed by atoms with Crippen LogP contribution >= 0.6 is 43.5 Å². The van der Waals surface area contributed by atoms with Crippen LogP contribution < -0.4 is 0 Å². The van der Waals surface area contributed by atoms with Crippen LogP contribution in [-0.2, 0) is 0 Å². The van der Waals surface area contributed by atoms with Gasteiger partial charge in [0.25, 0.3) is 0 Å². The third-order valence-electron chi connectivity index (χ3n) is 0.192. The number of halogens is 3. The van der Waals surface area contributed by atoms with Gasteiger partial charge in [-0.1, -0.05) is 31.9 Å². The van der Waals surface area contributed by atoms with E-state index in [1.807, 2.05) is 0 Å². The molecule has 0 saturated carbocycles. The number of hydrogen-bond donors (Lipinski definition) is 0. The second-order valence-corrected chi connectivity index (χ2v) is 2.17. The van der Waals surface area contributed by atoms with Gasteiger partial charge in [0, 0.05) is 21.4 Å². The van der Waals surface area contributed by atoms with E-state index >= 15 is 0 Å². The van der Waals surface area contributed by atoms with Gasteiger partial charge in [-0.3, -0.25) is 0 Å². The van der Waals surface area contributed by atoms with Crippen LogP contribution in [0.25, 0.3) is 0 Å². The summed E-state index contributed by atoms with van der Waals surface area (Å²) in [7, 11) is 0. The maximum atomic E-state index is 7.01. The standard InChI is InChI=1S/C3H5Br2Cl/c4-1-3(5)2-6/h3H,1-2H2/i1D2,2D2. The fourth-order valence-electron chi connectivity index (χ4n) is 0.0206. The van der Waals surface area contributed by atoms with Gasteiger partial charge in [0.05, 0.1) is 0 Å². The van der Waals surface area contributed by atoms with Crippen LogP contribution in [0.2, 0.25) is 0 Å². The molecule has 0 nitrogen and oxygen atoms in total. The van der Waals surface area contributed by atoms with Crippen molar-refractivity contribution >= 4 is 43.5 Å². The van der Waals surface area contributed by atoms with Crippen molar-refractivity contribution in [2.75, 3.05) is 11.1 Å². The Labute approximate surface area is 65.1 Å². The van der Waals surface area contributed by atoms with Gasteiger partial charge < -0.3 is 0 Å². The lowest BCUT2D eigenvalue weighted by Gasteiger charge is -1.93. The molecular formula is C3H5Br2Cl. The fourth-order valence-corrected chi connectivity index (χ4v) is 0.321. The fraction of sp³-hybridized carbons (Fsp3) is 1.00. The highest BCUT2D eigenvalue weighted by atomic mass is 79.9. The van der Waals surface area contributed by atoms with E-state index in [1.54, 1.807) is 0 Å². The average molecular weight is 240 g/mol. The zero-order chi connectivity index (χ0) is 8.58. The van der Waals surface area contributed by atoms with Gasteiger partial charge in [-0.2, -0.15) is 0 Å². The van der Waals surface area contributed by atoms with Crippen molar-refractivity contribution < 1.29 is 5.48 Å². The molecule has 1 unspecified atom stereocenters. The van der Waals surface area contributed by atoms with Crippen molar-refractivity contribution in [1.29, 1.82) is 0 Å². The van der Waals surface area contributed by atoms with Crippen LogP contribution in [0, 0.1) is 0 Å². The summed E-state index contributed by atoms with van der Waals surface area (Å²) in [5, 5.41) is -1.84. The molecular weight excluding hydrogens is 231 g/mol. The lowest BCUT2D eigenvalue weighted by Crippen LogP contribution is -1.98. The molecule has 0 heterocycles. The summed E-state index contributed by atoms with van der Waals surface area (Å²) in [6.45, 7) is 0. The first-order chi connectivity index (χ1) is 4.15. The van der Waals surface area contributed by atoms with E-state index in [0.29, 0.717) is 0 Å². The van der Waals surface area contributed by atoms with Gasteiger partial charge in [0.1, 0.15) is 0 Å². The minimum Gasteiger partial charge on any atom is -0.125 e. The molecule has 0 saturated heterocycles. The van der Waals surface area contributed by atoms with Crippen molar-refractivity contribution in [3.8, 4) is 0 Å². The van der Waals surface area contributed by atoms with Crippen molar-refractivity contribution in [2.24, 2.45) is 0 Å². The highest BCUT2D eigenvalue weighted by Gasteiger charge is 1.94. The average Bonchev–Trinajstić information content (AvgIpc) is 1.59. The van der Waals surface area contributed by atoms with Crippen molar-refractivity contribution in [3.63, 3.8) is 0 Å². The van der Waals surface area contributed by atoms with Crippen LogP contribution in [0.15, 0.2) is 0 Å². The van der Waals surface area contributed by atoms with E-state index in [2.05, 4.69) is 31.9 Å². The first kappa shape index (κ1) is 2.70. The van der Waals surface area contributed by atoms with E-state index in [4.69, 9.17) is 17.1 Å².